The monoisotopic (exact) mass is 376 g/mol. The molecule has 1 saturated carbocycles. The van der Waals surface area contributed by atoms with Crippen molar-refractivity contribution in [2.45, 2.75) is 36.7 Å². The number of anilines is 1. The summed E-state index contributed by atoms with van der Waals surface area (Å²) in [5.74, 6) is -0.585. The van der Waals surface area contributed by atoms with Crippen molar-refractivity contribution in [3.8, 4) is 11.5 Å². The van der Waals surface area contributed by atoms with E-state index in [9.17, 15) is 18.3 Å². The average molecular weight is 376 g/mol. The highest BCUT2D eigenvalue weighted by Gasteiger charge is 2.19. The maximum absolute atomic E-state index is 12.5. The van der Waals surface area contributed by atoms with Crippen LogP contribution >= 0.6 is 0 Å². The van der Waals surface area contributed by atoms with E-state index in [-0.39, 0.29) is 22.3 Å². The Kier molecular flexibility index (Phi) is 5.03. The van der Waals surface area contributed by atoms with E-state index >= 15 is 0 Å². The molecule has 0 radical (unpaired) electrons. The molecule has 0 saturated heterocycles. The lowest BCUT2D eigenvalue weighted by atomic mass is 10.2. The van der Waals surface area contributed by atoms with Crippen LogP contribution in [0.5, 0.6) is 11.5 Å². The van der Waals surface area contributed by atoms with E-state index < -0.39 is 15.9 Å². The van der Waals surface area contributed by atoms with Gasteiger partial charge in [0.25, 0.3) is 15.9 Å². The predicted octanol–water partition coefficient (Wildman–Crippen LogP) is 2.61. The van der Waals surface area contributed by atoms with E-state index in [2.05, 4.69) is 4.72 Å². The van der Waals surface area contributed by atoms with Gasteiger partial charge in [-0.15, -0.1) is 0 Å². The van der Waals surface area contributed by atoms with E-state index in [4.69, 9.17) is 10.5 Å². The number of nitrogens with two attached hydrogens (primary N) is 1. The number of sulfonamides is 1. The molecular formula is C18H20N2O5S. The Hall–Kier alpha value is -2.74. The summed E-state index contributed by atoms with van der Waals surface area (Å²) in [5, 5.41) is 9.58. The molecule has 0 spiro atoms. The van der Waals surface area contributed by atoms with E-state index in [0.29, 0.717) is 11.4 Å². The van der Waals surface area contributed by atoms with Crippen LogP contribution in [0.4, 0.5) is 5.69 Å². The first-order chi connectivity index (χ1) is 12.3. The molecule has 138 valence electrons. The van der Waals surface area contributed by atoms with E-state index in [1.807, 2.05) is 0 Å². The number of benzene rings is 2. The van der Waals surface area contributed by atoms with Gasteiger partial charge < -0.3 is 15.6 Å². The minimum atomic E-state index is -3.93. The maximum atomic E-state index is 12.5. The molecule has 7 nitrogen and oxygen atoms in total. The molecule has 1 amide bonds. The third-order valence-electron chi connectivity index (χ3n) is 4.26. The molecule has 0 atom stereocenters. The van der Waals surface area contributed by atoms with Gasteiger partial charge >= 0.3 is 0 Å². The van der Waals surface area contributed by atoms with Crippen LogP contribution in [0.25, 0.3) is 0 Å². The van der Waals surface area contributed by atoms with Crippen molar-refractivity contribution in [2.75, 3.05) is 4.72 Å². The summed E-state index contributed by atoms with van der Waals surface area (Å²) >= 11 is 0. The van der Waals surface area contributed by atoms with E-state index in [0.717, 1.165) is 25.0 Å². The van der Waals surface area contributed by atoms with E-state index in [1.54, 1.807) is 24.3 Å². The molecular weight excluding hydrogens is 356 g/mol. The van der Waals surface area contributed by atoms with Gasteiger partial charge in [0, 0.05) is 5.69 Å². The van der Waals surface area contributed by atoms with Gasteiger partial charge in [0.15, 0.2) is 0 Å². The van der Waals surface area contributed by atoms with Crippen LogP contribution in [0.2, 0.25) is 0 Å². The number of aromatic hydroxyl groups is 1. The molecule has 26 heavy (non-hydrogen) atoms. The van der Waals surface area contributed by atoms with Gasteiger partial charge in [0.1, 0.15) is 11.5 Å². The molecule has 0 aromatic heterocycles. The van der Waals surface area contributed by atoms with Crippen molar-refractivity contribution >= 4 is 21.6 Å². The zero-order valence-electron chi connectivity index (χ0n) is 14.0. The lowest BCUT2D eigenvalue weighted by Gasteiger charge is -2.14. The highest BCUT2D eigenvalue weighted by Crippen LogP contribution is 2.26. The van der Waals surface area contributed by atoms with Crippen molar-refractivity contribution < 1.29 is 23.1 Å². The van der Waals surface area contributed by atoms with Gasteiger partial charge in [-0.05, 0) is 68.1 Å². The Morgan fingerprint density at radius 2 is 1.77 bits per heavy atom. The molecule has 0 bridgehead atoms. The standard InChI is InChI=1S/C18H20N2O5S/c19-18(22)16-11-15(9-10-17(16)21)26(23,24)20-12-5-7-14(8-6-12)25-13-3-1-2-4-13/h5-11,13,20-21H,1-4H2,(H2,19,22). The van der Waals surface area contributed by atoms with Gasteiger partial charge in [-0.3, -0.25) is 9.52 Å². The number of hydrogen-bond acceptors (Lipinski definition) is 5. The molecule has 1 aliphatic carbocycles. The van der Waals surface area contributed by atoms with Crippen molar-refractivity contribution in [1.29, 1.82) is 0 Å². The van der Waals surface area contributed by atoms with Crippen LogP contribution in [0.3, 0.4) is 0 Å². The molecule has 0 aliphatic heterocycles. The first kappa shape index (κ1) is 18.1. The minimum Gasteiger partial charge on any atom is -0.507 e. The normalized spacial score (nSPS) is 14.9. The topological polar surface area (TPSA) is 119 Å². The second kappa shape index (κ2) is 7.25. The Morgan fingerprint density at radius 1 is 1.12 bits per heavy atom. The van der Waals surface area contributed by atoms with Crippen LogP contribution in [-0.4, -0.2) is 25.5 Å². The summed E-state index contributed by atoms with van der Waals surface area (Å²) in [6, 6.07) is 9.99. The summed E-state index contributed by atoms with van der Waals surface area (Å²) in [5.41, 5.74) is 5.24. The first-order valence-electron chi connectivity index (χ1n) is 8.27. The number of carbonyl (C=O) groups is 1. The van der Waals surface area contributed by atoms with Gasteiger partial charge in [-0.2, -0.15) is 0 Å². The average Bonchev–Trinajstić information content (AvgIpc) is 3.09. The first-order valence-corrected chi connectivity index (χ1v) is 9.76. The number of carbonyl (C=O) groups excluding carboxylic acids is 1. The number of nitrogens with one attached hydrogen (secondary N) is 1. The third kappa shape index (κ3) is 4.08. The summed E-state index contributed by atoms with van der Waals surface area (Å²) in [6.07, 6.45) is 4.64. The number of phenols is 1. The zero-order chi connectivity index (χ0) is 18.7. The Balaban J connectivity index is 1.74. The van der Waals surface area contributed by atoms with Gasteiger partial charge in [-0.25, -0.2) is 8.42 Å². The molecule has 1 aliphatic rings. The quantitative estimate of drug-likeness (QED) is 0.716. The van der Waals surface area contributed by atoms with Crippen LogP contribution in [-0.2, 0) is 10.0 Å². The molecule has 1 fully saturated rings. The smallest absolute Gasteiger partial charge is 0.261 e. The molecule has 0 unspecified atom stereocenters. The van der Waals surface area contributed by atoms with Crippen LogP contribution in [0.15, 0.2) is 47.4 Å². The Labute approximate surface area is 151 Å². The molecule has 3 rings (SSSR count). The van der Waals surface area contributed by atoms with Gasteiger partial charge in [0.05, 0.1) is 16.6 Å². The van der Waals surface area contributed by atoms with Crippen molar-refractivity contribution in [3.05, 3.63) is 48.0 Å². The van der Waals surface area contributed by atoms with Crippen LogP contribution < -0.4 is 15.2 Å². The van der Waals surface area contributed by atoms with E-state index in [1.165, 1.54) is 18.9 Å². The fourth-order valence-corrected chi connectivity index (χ4v) is 3.98. The molecule has 0 heterocycles. The van der Waals surface area contributed by atoms with Crippen molar-refractivity contribution in [1.82, 2.24) is 0 Å². The van der Waals surface area contributed by atoms with Crippen LogP contribution in [0.1, 0.15) is 36.0 Å². The van der Waals surface area contributed by atoms with Gasteiger partial charge in [-0.1, -0.05) is 0 Å². The zero-order valence-corrected chi connectivity index (χ0v) is 14.8. The van der Waals surface area contributed by atoms with Crippen molar-refractivity contribution in [3.63, 3.8) is 0 Å². The minimum absolute atomic E-state index is 0.171. The summed E-state index contributed by atoms with van der Waals surface area (Å²) in [7, 11) is -3.93. The van der Waals surface area contributed by atoms with Crippen LogP contribution in [0, 0.1) is 0 Å². The Bertz CT molecular complexity index is 904. The lowest BCUT2D eigenvalue weighted by molar-refractivity contribution is 0.0997. The lowest BCUT2D eigenvalue weighted by Crippen LogP contribution is -2.16. The fraction of sp³-hybridized carbons (Fsp3) is 0.278. The molecule has 2 aromatic rings. The summed E-state index contributed by atoms with van der Waals surface area (Å²) < 4.78 is 33.2. The number of amides is 1. The third-order valence-corrected chi connectivity index (χ3v) is 5.63. The number of ether oxygens (including phenoxy) is 1. The predicted molar refractivity (Wildman–Crippen MR) is 96.8 cm³/mol. The molecule has 8 heteroatoms. The number of primary amides is 1. The Morgan fingerprint density at radius 3 is 2.38 bits per heavy atom. The second-order valence-electron chi connectivity index (χ2n) is 6.20. The molecule has 4 N–H and O–H groups in total. The second-order valence-corrected chi connectivity index (χ2v) is 7.88. The summed E-state index contributed by atoms with van der Waals surface area (Å²) in [4.78, 5) is 11.1. The number of hydrogen-bond donors (Lipinski definition) is 3. The SMILES string of the molecule is NC(=O)c1cc(S(=O)(=O)Nc2ccc(OC3CCCC3)cc2)ccc1O. The summed E-state index contributed by atoms with van der Waals surface area (Å²) in [6.45, 7) is 0. The largest absolute Gasteiger partial charge is 0.507 e. The van der Waals surface area contributed by atoms with Gasteiger partial charge in [0.2, 0.25) is 0 Å². The molecule has 2 aromatic carbocycles. The maximum Gasteiger partial charge on any atom is 0.261 e. The fourth-order valence-electron chi connectivity index (χ4n) is 2.89. The highest BCUT2D eigenvalue weighted by molar-refractivity contribution is 7.92. The van der Waals surface area contributed by atoms with Crippen molar-refractivity contribution in [2.24, 2.45) is 5.73 Å². The number of rotatable bonds is 6. The highest BCUT2D eigenvalue weighted by atomic mass is 32.2.